The lowest BCUT2D eigenvalue weighted by atomic mass is 10.3. The molecule has 1 unspecified atom stereocenters. The van der Waals surface area contributed by atoms with Crippen molar-refractivity contribution in [1.29, 1.82) is 0 Å². The first-order valence-electron chi connectivity index (χ1n) is 5.06. The van der Waals surface area contributed by atoms with Crippen LogP contribution in [-0.2, 0) is 0 Å². The largest absolute Gasteiger partial charge is 0.396 e. The van der Waals surface area contributed by atoms with Gasteiger partial charge in [-0.1, -0.05) is 5.57 Å². The van der Waals surface area contributed by atoms with Crippen molar-refractivity contribution in [2.45, 2.75) is 6.42 Å². The number of fused-ring (bicyclic) bond motifs is 1. The maximum atomic E-state index is 8.92. The molecule has 3 rings (SSSR count). The Kier molecular flexibility index (Phi) is 1.90. The van der Waals surface area contributed by atoms with Crippen LogP contribution in [0, 0.1) is 5.92 Å². The molecule has 0 aromatic carbocycles. The fourth-order valence-electron chi connectivity index (χ4n) is 1.69. The second-order valence-electron chi connectivity index (χ2n) is 3.87. The number of H-pyrrole nitrogens is 1. The van der Waals surface area contributed by atoms with Gasteiger partial charge in [0.1, 0.15) is 5.52 Å². The summed E-state index contributed by atoms with van der Waals surface area (Å²) in [4.78, 5) is 15.3. The van der Waals surface area contributed by atoms with E-state index < -0.39 is 0 Å². The number of aromatic amines is 1. The van der Waals surface area contributed by atoms with Crippen LogP contribution in [0.3, 0.4) is 0 Å². The first-order valence-corrected chi connectivity index (χ1v) is 5.06. The quantitative estimate of drug-likeness (QED) is 0.673. The van der Waals surface area contributed by atoms with Crippen molar-refractivity contribution < 1.29 is 5.11 Å². The van der Waals surface area contributed by atoms with Crippen LogP contribution in [0.15, 0.2) is 11.9 Å². The molecule has 0 radical (unpaired) electrons. The fraction of sp³-hybridized carbons (Fsp3) is 0.300. The predicted molar refractivity (Wildman–Crippen MR) is 59.3 cm³/mol. The van der Waals surface area contributed by atoms with Gasteiger partial charge >= 0.3 is 0 Å². The lowest BCUT2D eigenvalue weighted by Gasteiger charge is -1.96. The molecule has 2 heterocycles. The predicted octanol–water partition coefficient (Wildman–Crippen LogP) is 0.331. The number of hydrogen-bond acceptors (Lipinski definition) is 5. The zero-order valence-electron chi connectivity index (χ0n) is 8.51. The van der Waals surface area contributed by atoms with E-state index in [4.69, 9.17) is 10.8 Å². The van der Waals surface area contributed by atoms with E-state index in [1.807, 2.05) is 6.08 Å². The van der Waals surface area contributed by atoms with Gasteiger partial charge in [0, 0.05) is 12.5 Å². The molecule has 4 N–H and O–H groups in total. The van der Waals surface area contributed by atoms with Gasteiger partial charge < -0.3 is 15.8 Å². The SMILES string of the molecule is Nc1nc(C=C2CC2CO)nc2nc[nH]c12. The van der Waals surface area contributed by atoms with Crippen LogP contribution in [0.1, 0.15) is 12.2 Å². The minimum Gasteiger partial charge on any atom is -0.396 e. The fourth-order valence-corrected chi connectivity index (χ4v) is 1.69. The first kappa shape index (κ1) is 9.29. The van der Waals surface area contributed by atoms with Gasteiger partial charge in [-0.15, -0.1) is 0 Å². The van der Waals surface area contributed by atoms with Crippen molar-refractivity contribution in [3.8, 4) is 0 Å². The van der Waals surface area contributed by atoms with Crippen LogP contribution in [-0.4, -0.2) is 31.6 Å². The standard InChI is InChI=1S/C10H11N5O/c11-9-8-10(13-4-12-8)15-7(14-9)2-5-1-6(5)3-16/h2,4,6,16H,1,3H2,(H3,11,12,13,14,15). The molecule has 1 saturated carbocycles. The monoisotopic (exact) mass is 217 g/mol. The highest BCUT2D eigenvalue weighted by Gasteiger charge is 2.28. The Labute approximate surface area is 91.2 Å². The summed E-state index contributed by atoms with van der Waals surface area (Å²) >= 11 is 0. The summed E-state index contributed by atoms with van der Waals surface area (Å²) in [5.74, 6) is 1.23. The normalized spacial score (nSPS) is 21.8. The van der Waals surface area contributed by atoms with Crippen molar-refractivity contribution in [2.24, 2.45) is 5.92 Å². The van der Waals surface area contributed by atoms with Crippen molar-refractivity contribution in [1.82, 2.24) is 19.9 Å². The second kappa shape index (κ2) is 3.28. The van der Waals surface area contributed by atoms with E-state index in [-0.39, 0.29) is 12.5 Å². The maximum Gasteiger partial charge on any atom is 0.183 e. The molecular weight excluding hydrogens is 206 g/mol. The summed E-state index contributed by atoms with van der Waals surface area (Å²) in [6, 6.07) is 0. The lowest BCUT2D eigenvalue weighted by molar-refractivity contribution is 0.281. The molecule has 16 heavy (non-hydrogen) atoms. The highest BCUT2D eigenvalue weighted by molar-refractivity contribution is 5.81. The third-order valence-electron chi connectivity index (χ3n) is 2.71. The smallest absolute Gasteiger partial charge is 0.183 e. The van der Waals surface area contributed by atoms with Gasteiger partial charge in [-0.05, 0) is 12.5 Å². The number of aliphatic hydroxyl groups excluding tert-OH is 1. The summed E-state index contributed by atoms with van der Waals surface area (Å²) in [6.45, 7) is 0.186. The Morgan fingerprint density at radius 1 is 1.56 bits per heavy atom. The third kappa shape index (κ3) is 1.43. The van der Waals surface area contributed by atoms with E-state index in [9.17, 15) is 0 Å². The van der Waals surface area contributed by atoms with E-state index in [0.717, 1.165) is 12.0 Å². The van der Waals surface area contributed by atoms with Crippen LogP contribution < -0.4 is 5.73 Å². The van der Waals surface area contributed by atoms with Gasteiger partial charge in [-0.25, -0.2) is 15.0 Å². The van der Waals surface area contributed by atoms with Crippen LogP contribution in [0.5, 0.6) is 0 Å². The van der Waals surface area contributed by atoms with Crippen molar-refractivity contribution in [2.75, 3.05) is 12.3 Å². The number of nitrogens with two attached hydrogens (primary N) is 1. The molecule has 0 amide bonds. The first-order chi connectivity index (χ1) is 7.78. The molecule has 0 bridgehead atoms. The molecule has 0 saturated heterocycles. The van der Waals surface area contributed by atoms with Crippen LogP contribution in [0.4, 0.5) is 5.82 Å². The minimum absolute atomic E-state index is 0.186. The molecule has 0 aliphatic heterocycles. The van der Waals surface area contributed by atoms with Crippen molar-refractivity contribution in [3.63, 3.8) is 0 Å². The molecule has 1 aliphatic rings. The van der Waals surface area contributed by atoms with Crippen molar-refractivity contribution in [3.05, 3.63) is 17.7 Å². The Morgan fingerprint density at radius 2 is 2.44 bits per heavy atom. The number of aliphatic hydroxyl groups is 1. The van der Waals surface area contributed by atoms with Gasteiger partial charge in [0.05, 0.1) is 6.33 Å². The minimum atomic E-state index is 0.186. The van der Waals surface area contributed by atoms with Crippen LogP contribution in [0.25, 0.3) is 17.2 Å². The summed E-state index contributed by atoms with van der Waals surface area (Å²) in [6.07, 6.45) is 4.32. The average Bonchev–Trinajstić information content (AvgIpc) is 2.83. The topological polar surface area (TPSA) is 101 Å². The molecule has 1 fully saturated rings. The number of nitrogens with one attached hydrogen (secondary N) is 1. The molecule has 0 spiro atoms. The summed E-state index contributed by atoms with van der Waals surface area (Å²) < 4.78 is 0. The van der Waals surface area contributed by atoms with Crippen molar-refractivity contribution >= 4 is 23.1 Å². The van der Waals surface area contributed by atoms with E-state index in [1.165, 1.54) is 0 Å². The molecule has 1 atom stereocenters. The Morgan fingerprint density at radius 3 is 3.19 bits per heavy atom. The average molecular weight is 217 g/mol. The van der Waals surface area contributed by atoms with Crippen LogP contribution >= 0.6 is 0 Å². The lowest BCUT2D eigenvalue weighted by Crippen LogP contribution is -1.97. The van der Waals surface area contributed by atoms with Gasteiger partial charge in [0.2, 0.25) is 0 Å². The Hall–Kier alpha value is -1.95. The van der Waals surface area contributed by atoms with Gasteiger partial charge in [0.25, 0.3) is 0 Å². The summed E-state index contributed by atoms with van der Waals surface area (Å²) in [5, 5.41) is 8.92. The molecular formula is C10H11N5O. The highest BCUT2D eigenvalue weighted by atomic mass is 16.3. The number of anilines is 1. The number of aromatic nitrogens is 4. The molecule has 82 valence electrons. The van der Waals surface area contributed by atoms with Gasteiger partial charge in [-0.2, -0.15) is 0 Å². The molecule has 2 aromatic heterocycles. The van der Waals surface area contributed by atoms with E-state index in [1.54, 1.807) is 6.33 Å². The highest BCUT2D eigenvalue weighted by Crippen LogP contribution is 2.38. The van der Waals surface area contributed by atoms with E-state index in [2.05, 4.69) is 19.9 Å². The third-order valence-corrected chi connectivity index (χ3v) is 2.71. The van der Waals surface area contributed by atoms with Gasteiger partial charge in [-0.3, -0.25) is 0 Å². The number of rotatable bonds is 2. The number of hydrogen-bond donors (Lipinski definition) is 3. The molecule has 6 nitrogen and oxygen atoms in total. The second-order valence-corrected chi connectivity index (χ2v) is 3.87. The van der Waals surface area contributed by atoms with Gasteiger partial charge in [0.15, 0.2) is 17.3 Å². The maximum absolute atomic E-state index is 8.92. The molecule has 1 aliphatic carbocycles. The summed E-state index contributed by atoms with van der Waals surface area (Å²) in [5.41, 5.74) is 8.16. The number of nitrogen functional groups attached to an aromatic ring is 1. The number of nitrogens with zero attached hydrogens (tertiary/aromatic N) is 3. The van der Waals surface area contributed by atoms with E-state index >= 15 is 0 Å². The zero-order valence-corrected chi connectivity index (χ0v) is 8.51. The zero-order chi connectivity index (χ0) is 11.1. The van der Waals surface area contributed by atoms with Crippen LogP contribution in [0.2, 0.25) is 0 Å². The Bertz CT molecular complexity index is 574. The Balaban J connectivity index is 2.02. The number of imidazole rings is 1. The molecule has 6 heteroatoms. The van der Waals surface area contributed by atoms with E-state index in [0.29, 0.717) is 22.8 Å². The molecule has 2 aromatic rings. The summed E-state index contributed by atoms with van der Waals surface area (Å²) in [7, 11) is 0.